The lowest BCUT2D eigenvalue weighted by Crippen LogP contribution is -2.53. The van der Waals surface area contributed by atoms with Crippen molar-refractivity contribution in [1.29, 1.82) is 0 Å². The third kappa shape index (κ3) is 5.50. The van der Waals surface area contributed by atoms with Crippen molar-refractivity contribution in [2.24, 2.45) is 11.3 Å². The fraction of sp³-hybridized carbons (Fsp3) is 0.515. The number of nitrogens with zero attached hydrogens (tertiary/aromatic N) is 4. The molecule has 2 aliphatic rings. The number of benzene rings is 2. The molecule has 0 unspecified atom stereocenters. The summed E-state index contributed by atoms with van der Waals surface area (Å²) in [5.74, 6) is 0.400. The minimum atomic E-state index is -0.999. The molecule has 1 atom stereocenters. The number of aromatic nitrogens is 3. The molecule has 2 aromatic carbocycles. The lowest BCUT2D eigenvalue weighted by atomic mass is 9.81. The van der Waals surface area contributed by atoms with Crippen LogP contribution in [0.2, 0.25) is 0 Å². The highest BCUT2D eigenvalue weighted by Gasteiger charge is 2.35. The Kier molecular flexibility index (Phi) is 7.70. The summed E-state index contributed by atoms with van der Waals surface area (Å²) < 4.78 is 11.8. The number of ether oxygens (including phenoxy) is 1. The lowest BCUT2D eigenvalue weighted by Gasteiger charge is -2.46. The van der Waals surface area contributed by atoms with Crippen molar-refractivity contribution in [2.45, 2.75) is 78.3 Å². The van der Waals surface area contributed by atoms with Gasteiger partial charge in [-0.25, -0.2) is 4.98 Å². The Morgan fingerprint density at radius 1 is 1.17 bits per heavy atom. The topological polar surface area (TPSA) is 102 Å². The normalized spacial score (nSPS) is 18.7. The van der Waals surface area contributed by atoms with Gasteiger partial charge in [-0.15, -0.1) is 21.5 Å². The first-order valence-corrected chi connectivity index (χ1v) is 15.8. The monoisotopic (exact) mass is 588 g/mol. The van der Waals surface area contributed by atoms with Crippen molar-refractivity contribution in [3.63, 3.8) is 0 Å². The highest BCUT2D eigenvalue weighted by molar-refractivity contribution is 7.18. The maximum Gasteiger partial charge on any atom is 0.309 e. The molecule has 1 aliphatic carbocycles. The molecular formula is C33H40N4O4S. The average Bonchev–Trinajstić information content (AvgIpc) is 3.56. The molecule has 4 aromatic rings. The molecule has 1 aliphatic heterocycles. The maximum atomic E-state index is 11.6. The second kappa shape index (κ2) is 11.2. The second-order valence-corrected chi connectivity index (χ2v) is 14.1. The molecule has 1 saturated heterocycles. The molecule has 6 rings (SSSR count). The minimum Gasteiger partial charge on any atom is -0.481 e. The van der Waals surface area contributed by atoms with E-state index in [4.69, 9.17) is 14.1 Å². The molecular weight excluding hydrogens is 548 g/mol. The zero-order valence-electron chi connectivity index (χ0n) is 25.1. The molecule has 0 radical (unpaired) electrons. The molecule has 42 heavy (non-hydrogen) atoms. The van der Waals surface area contributed by atoms with Gasteiger partial charge in [-0.05, 0) is 63.3 Å². The zero-order valence-corrected chi connectivity index (χ0v) is 26.0. The van der Waals surface area contributed by atoms with E-state index >= 15 is 0 Å². The predicted molar refractivity (Wildman–Crippen MR) is 165 cm³/mol. The van der Waals surface area contributed by atoms with Gasteiger partial charge in [-0.2, -0.15) is 0 Å². The van der Waals surface area contributed by atoms with Crippen LogP contribution in [-0.4, -0.2) is 56.5 Å². The van der Waals surface area contributed by atoms with E-state index in [0.29, 0.717) is 22.7 Å². The Bertz CT molecular complexity index is 1600. The summed E-state index contributed by atoms with van der Waals surface area (Å²) in [7, 11) is 0. The number of hydrogen-bond acceptors (Lipinski definition) is 8. The van der Waals surface area contributed by atoms with Crippen molar-refractivity contribution < 1.29 is 19.1 Å². The number of carbonyl (C=O) groups is 1. The van der Waals surface area contributed by atoms with Crippen LogP contribution in [0, 0.1) is 11.3 Å². The van der Waals surface area contributed by atoms with E-state index in [1.165, 1.54) is 41.2 Å². The van der Waals surface area contributed by atoms with Crippen LogP contribution in [0.4, 0.5) is 0 Å². The largest absolute Gasteiger partial charge is 0.481 e. The van der Waals surface area contributed by atoms with E-state index in [2.05, 4.69) is 72.3 Å². The maximum absolute atomic E-state index is 11.6. The number of fused-ring (bicyclic) bond motifs is 1. The first kappa shape index (κ1) is 29.0. The molecule has 1 N–H and O–H groups in total. The number of rotatable bonds is 9. The van der Waals surface area contributed by atoms with E-state index in [-0.39, 0.29) is 18.0 Å². The molecule has 0 spiro atoms. The van der Waals surface area contributed by atoms with Crippen molar-refractivity contribution in [1.82, 2.24) is 20.1 Å². The van der Waals surface area contributed by atoms with E-state index in [9.17, 15) is 9.90 Å². The van der Waals surface area contributed by atoms with Crippen LogP contribution in [0.15, 0.2) is 40.8 Å². The first-order chi connectivity index (χ1) is 20.0. The summed E-state index contributed by atoms with van der Waals surface area (Å²) in [6.07, 6.45) is 4.82. The van der Waals surface area contributed by atoms with E-state index in [0.717, 1.165) is 36.8 Å². The highest BCUT2D eigenvalue weighted by atomic mass is 32.1. The smallest absolute Gasteiger partial charge is 0.309 e. The first-order valence-electron chi connectivity index (χ1n) is 15.0. The molecule has 1 saturated carbocycles. The van der Waals surface area contributed by atoms with Crippen molar-refractivity contribution in [3.05, 3.63) is 53.5 Å². The molecule has 222 valence electrons. The Balaban J connectivity index is 1.40. The summed E-state index contributed by atoms with van der Waals surface area (Å²) in [5.41, 5.74) is 2.53. The van der Waals surface area contributed by atoms with Crippen LogP contribution in [0.5, 0.6) is 0 Å². The van der Waals surface area contributed by atoms with Gasteiger partial charge in [0.05, 0.1) is 29.2 Å². The predicted octanol–water partition coefficient (Wildman–Crippen LogP) is 7.18. The summed E-state index contributed by atoms with van der Waals surface area (Å²) in [4.78, 5) is 20.4. The van der Waals surface area contributed by atoms with Gasteiger partial charge in [0, 0.05) is 30.1 Å². The standard InChI is InChI=1S/C33H40N4O4S/c1-20(37-15-16-40-19-33(37,4)5)22-13-14-25(24-12-7-6-11-23(22)24)28-26(17-21-9-8-10-21)34-30(42-28)29-36-35-27(41-29)18-32(2,3)31(38)39/h6-7,11-14,20-21H,8-10,15-19H2,1-5H3,(H,38,39)/t20-/m1/s1. The molecule has 8 nitrogen and oxygen atoms in total. The number of hydrogen-bond donors (Lipinski definition) is 1. The quantitative estimate of drug-likeness (QED) is 0.219. The van der Waals surface area contributed by atoms with Crippen molar-refractivity contribution >= 4 is 28.1 Å². The molecule has 3 heterocycles. The van der Waals surface area contributed by atoms with E-state index in [1.807, 2.05) is 0 Å². The van der Waals surface area contributed by atoms with Crippen LogP contribution in [-0.2, 0) is 22.4 Å². The Morgan fingerprint density at radius 2 is 1.93 bits per heavy atom. The summed E-state index contributed by atoms with van der Waals surface area (Å²) >= 11 is 1.59. The Labute approximate surface area is 251 Å². The fourth-order valence-corrected chi connectivity index (χ4v) is 7.32. The molecule has 2 fully saturated rings. The van der Waals surface area contributed by atoms with E-state index < -0.39 is 11.4 Å². The van der Waals surface area contributed by atoms with Gasteiger partial charge in [-0.1, -0.05) is 55.7 Å². The number of aliphatic carboxylic acids is 1. The van der Waals surface area contributed by atoms with Gasteiger partial charge in [-0.3, -0.25) is 9.69 Å². The van der Waals surface area contributed by atoms with Gasteiger partial charge in [0.25, 0.3) is 5.89 Å². The van der Waals surface area contributed by atoms with Crippen molar-refractivity contribution in [2.75, 3.05) is 19.8 Å². The third-order valence-corrected chi connectivity index (χ3v) is 10.2. The molecule has 0 bridgehead atoms. The van der Waals surface area contributed by atoms with Gasteiger partial charge >= 0.3 is 5.97 Å². The van der Waals surface area contributed by atoms with Crippen LogP contribution in [0.1, 0.15) is 77.1 Å². The third-order valence-electron chi connectivity index (χ3n) is 9.06. The van der Waals surface area contributed by atoms with Gasteiger partial charge in [0.2, 0.25) is 5.89 Å². The molecule has 9 heteroatoms. The zero-order chi connectivity index (χ0) is 29.6. The van der Waals surface area contributed by atoms with Gasteiger partial charge in [0.1, 0.15) is 0 Å². The van der Waals surface area contributed by atoms with Gasteiger partial charge < -0.3 is 14.3 Å². The van der Waals surface area contributed by atoms with Crippen LogP contribution < -0.4 is 0 Å². The molecule has 0 amide bonds. The highest BCUT2D eigenvalue weighted by Crippen LogP contribution is 2.44. The number of carboxylic acid groups (broad SMARTS) is 1. The summed E-state index contributed by atoms with van der Waals surface area (Å²) in [6, 6.07) is 13.5. The fourth-order valence-electron chi connectivity index (χ4n) is 6.27. The lowest BCUT2D eigenvalue weighted by molar-refractivity contribution is -0.147. The Hall–Kier alpha value is -3.14. The van der Waals surface area contributed by atoms with E-state index in [1.54, 1.807) is 25.2 Å². The number of morpholine rings is 1. The summed E-state index contributed by atoms with van der Waals surface area (Å²) in [6.45, 7) is 12.5. The van der Waals surface area contributed by atoms with Gasteiger partial charge in [0.15, 0.2) is 5.01 Å². The minimum absolute atomic E-state index is 0.0391. The SMILES string of the molecule is C[C@H](c1ccc(-c2sc(-c3nnc(CC(C)(C)C(=O)O)o3)nc2CC2CCC2)c2ccccc12)N1CCOCC1(C)C. The Morgan fingerprint density at radius 3 is 2.62 bits per heavy atom. The van der Waals surface area contributed by atoms with Crippen LogP contribution in [0.3, 0.4) is 0 Å². The second-order valence-electron chi connectivity index (χ2n) is 13.1. The van der Waals surface area contributed by atoms with Crippen molar-refractivity contribution in [3.8, 4) is 21.3 Å². The van der Waals surface area contributed by atoms with Crippen LogP contribution in [0.25, 0.3) is 32.1 Å². The number of thiazole rings is 1. The molecule has 2 aromatic heterocycles. The average molecular weight is 589 g/mol. The number of carboxylic acids is 1. The summed E-state index contributed by atoms with van der Waals surface area (Å²) in [5, 5.41) is 21.1. The van der Waals surface area contributed by atoms with Crippen LogP contribution >= 0.6 is 11.3 Å².